The summed E-state index contributed by atoms with van der Waals surface area (Å²) in [5.41, 5.74) is 0.356. The van der Waals surface area contributed by atoms with Gasteiger partial charge < -0.3 is 9.32 Å². The minimum absolute atomic E-state index is 0.298. The van der Waals surface area contributed by atoms with Crippen LogP contribution in [0.5, 0.6) is 0 Å². The SMILES string of the molecule is C/C=c1/oc(=O)cc/c1=C/CCN(C)C. The first-order chi connectivity index (χ1) is 7.13. The molecule has 1 heterocycles. The van der Waals surface area contributed by atoms with Gasteiger partial charge in [-0.2, -0.15) is 0 Å². The molecule has 0 saturated heterocycles. The van der Waals surface area contributed by atoms with Gasteiger partial charge >= 0.3 is 5.63 Å². The first kappa shape index (κ1) is 11.7. The van der Waals surface area contributed by atoms with Crippen LogP contribution in [0.2, 0.25) is 0 Å². The van der Waals surface area contributed by atoms with E-state index in [0.717, 1.165) is 18.2 Å². The average Bonchev–Trinajstić information content (AvgIpc) is 2.19. The van der Waals surface area contributed by atoms with E-state index in [9.17, 15) is 4.79 Å². The lowest BCUT2D eigenvalue weighted by molar-refractivity contribution is 0.420. The monoisotopic (exact) mass is 207 g/mol. The number of nitrogens with zero attached hydrogens (tertiary/aromatic N) is 1. The summed E-state index contributed by atoms with van der Waals surface area (Å²) in [7, 11) is 4.07. The van der Waals surface area contributed by atoms with Crippen LogP contribution in [0.1, 0.15) is 13.3 Å². The standard InChI is InChI=1S/C12H17NO2/c1-4-11-10(6-5-9-13(2)3)7-8-12(14)15-11/h4,6-8H,5,9H2,1-3H3/b10-6-,11-4+. The van der Waals surface area contributed by atoms with Gasteiger partial charge in [0.1, 0.15) is 5.42 Å². The van der Waals surface area contributed by atoms with Crippen LogP contribution < -0.4 is 16.3 Å². The first-order valence-electron chi connectivity index (χ1n) is 5.05. The van der Waals surface area contributed by atoms with Crippen LogP contribution in [0.3, 0.4) is 0 Å². The van der Waals surface area contributed by atoms with Crippen LogP contribution in [0, 0.1) is 0 Å². The highest BCUT2D eigenvalue weighted by molar-refractivity contribution is 5.25. The Morgan fingerprint density at radius 2 is 2.13 bits per heavy atom. The summed E-state index contributed by atoms with van der Waals surface area (Å²) in [5.74, 6) is 0. The molecule has 1 aromatic heterocycles. The molecular formula is C12H17NO2. The third-order valence-corrected chi connectivity index (χ3v) is 2.10. The Kier molecular flexibility index (Phi) is 4.31. The van der Waals surface area contributed by atoms with E-state index >= 15 is 0 Å². The topological polar surface area (TPSA) is 33.5 Å². The van der Waals surface area contributed by atoms with Gasteiger partial charge in [-0.25, -0.2) is 4.79 Å². The van der Waals surface area contributed by atoms with E-state index in [1.165, 1.54) is 6.07 Å². The second-order valence-corrected chi connectivity index (χ2v) is 3.66. The summed E-state index contributed by atoms with van der Waals surface area (Å²) >= 11 is 0. The highest BCUT2D eigenvalue weighted by Crippen LogP contribution is 1.83. The van der Waals surface area contributed by atoms with Crippen molar-refractivity contribution < 1.29 is 4.42 Å². The minimum atomic E-state index is -0.298. The van der Waals surface area contributed by atoms with E-state index < -0.39 is 0 Å². The van der Waals surface area contributed by atoms with E-state index in [0.29, 0.717) is 5.42 Å². The van der Waals surface area contributed by atoms with E-state index in [1.54, 1.807) is 6.07 Å². The molecule has 0 aliphatic carbocycles. The Morgan fingerprint density at radius 3 is 2.73 bits per heavy atom. The van der Waals surface area contributed by atoms with Crippen molar-refractivity contribution in [2.75, 3.05) is 20.6 Å². The van der Waals surface area contributed by atoms with E-state index in [2.05, 4.69) is 11.0 Å². The average molecular weight is 207 g/mol. The summed E-state index contributed by atoms with van der Waals surface area (Å²) < 4.78 is 5.06. The molecule has 82 valence electrons. The van der Waals surface area contributed by atoms with Crippen LogP contribution in [-0.4, -0.2) is 25.5 Å². The third kappa shape index (κ3) is 3.72. The van der Waals surface area contributed by atoms with Crippen molar-refractivity contribution in [3.8, 4) is 0 Å². The Labute approximate surface area is 89.3 Å². The molecule has 0 fully saturated rings. The number of hydrogen-bond donors (Lipinski definition) is 0. The Hall–Kier alpha value is -1.35. The van der Waals surface area contributed by atoms with Gasteiger partial charge in [-0.1, -0.05) is 6.08 Å². The summed E-state index contributed by atoms with van der Waals surface area (Å²) in [5, 5.41) is 0.985. The molecular weight excluding hydrogens is 190 g/mol. The molecule has 0 bridgehead atoms. The highest BCUT2D eigenvalue weighted by Gasteiger charge is 1.90. The smallest absolute Gasteiger partial charge is 0.336 e. The third-order valence-electron chi connectivity index (χ3n) is 2.10. The van der Waals surface area contributed by atoms with Crippen LogP contribution in [0.15, 0.2) is 21.3 Å². The summed E-state index contributed by atoms with van der Waals surface area (Å²) in [6.45, 7) is 2.85. The molecule has 1 aromatic rings. The van der Waals surface area contributed by atoms with Crippen molar-refractivity contribution in [1.29, 1.82) is 0 Å². The molecule has 0 radical (unpaired) electrons. The molecule has 0 unspecified atom stereocenters. The molecule has 0 aromatic carbocycles. The first-order valence-corrected chi connectivity index (χ1v) is 5.05. The zero-order valence-electron chi connectivity index (χ0n) is 9.49. The lowest BCUT2D eigenvalue weighted by atomic mass is 10.3. The molecule has 3 nitrogen and oxygen atoms in total. The molecule has 1 rings (SSSR count). The summed E-state index contributed by atoms with van der Waals surface area (Å²) in [4.78, 5) is 13.1. The Balaban J connectivity index is 2.99. The molecule has 0 saturated carbocycles. The van der Waals surface area contributed by atoms with Crippen molar-refractivity contribution in [2.45, 2.75) is 13.3 Å². The largest absolute Gasteiger partial charge is 0.423 e. The zero-order valence-corrected chi connectivity index (χ0v) is 9.49. The maximum Gasteiger partial charge on any atom is 0.336 e. The molecule has 0 spiro atoms. The van der Waals surface area contributed by atoms with Gasteiger partial charge in [0.25, 0.3) is 0 Å². The van der Waals surface area contributed by atoms with Crippen LogP contribution in [0.4, 0.5) is 0 Å². The second kappa shape index (κ2) is 5.51. The van der Waals surface area contributed by atoms with Crippen molar-refractivity contribution >= 4 is 12.2 Å². The molecule has 0 aliphatic heterocycles. The van der Waals surface area contributed by atoms with E-state index in [4.69, 9.17) is 4.42 Å². The quantitative estimate of drug-likeness (QED) is 0.708. The van der Waals surface area contributed by atoms with Gasteiger partial charge in [-0.15, -0.1) is 0 Å². The van der Waals surface area contributed by atoms with Crippen molar-refractivity contribution in [3.63, 3.8) is 0 Å². The van der Waals surface area contributed by atoms with Gasteiger partial charge in [0.05, 0.1) is 0 Å². The molecule has 0 aliphatic rings. The van der Waals surface area contributed by atoms with Gasteiger partial charge in [-0.05, 0) is 39.6 Å². The van der Waals surface area contributed by atoms with Gasteiger partial charge in [-0.3, -0.25) is 0 Å². The molecule has 0 amide bonds. The highest BCUT2D eigenvalue weighted by atomic mass is 16.4. The van der Waals surface area contributed by atoms with E-state index in [1.807, 2.05) is 27.1 Å². The zero-order chi connectivity index (χ0) is 11.3. The molecule has 0 N–H and O–H groups in total. The van der Waals surface area contributed by atoms with Crippen molar-refractivity contribution in [2.24, 2.45) is 0 Å². The Morgan fingerprint density at radius 1 is 1.40 bits per heavy atom. The van der Waals surface area contributed by atoms with Crippen LogP contribution >= 0.6 is 0 Å². The molecule has 0 atom stereocenters. The summed E-state index contributed by atoms with van der Waals surface area (Å²) in [6.07, 6.45) is 4.84. The summed E-state index contributed by atoms with van der Waals surface area (Å²) in [6, 6.07) is 3.26. The van der Waals surface area contributed by atoms with Crippen LogP contribution in [-0.2, 0) is 0 Å². The fraction of sp³-hybridized carbons (Fsp3) is 0.417. The van der Waals surface area contributed by atoms with Gasteiger partial charge in [0.15, 0.2) is 0 Å². The van der Waals surface area contributed by atoms with Crippen LogP contribution in [0.25, 0.3) is 12.2 Å². The molecule has 3 heteroatoms. The number of hydrogen-bond acceptors (Lipinski definition) is 3. The molecule has 15 heavy (non-hydrogen) atoms. The van der Waals surface area contributed by atoms with Gasteiger partial charge in [0.2, 0.25) is 0 Å². The predicted molar refractivity (Wildman–Crippen MR) is 62.0 cm³/mol. The minimum Gasteiger partial charge on any atom is -0.423 e. The van der Waals surface area contributed by atoms with Gasteiger partial charge in [0, 0.05) is 17.8 Å². The van der Waals surface area contributed by atoms with Crippen molar-refractivity contribution in [1.82, 2.24) is 4.90 Å². The van der Waals surface area contributed by atoms with Crippen molar-refractivity contribution in [3.05, 3.63) is 33.2 Å². The second-order valence-electron chi connectivity index (χ2n) is 3.66. The Bertz CT molecular complexity index is 471. The lowest BCUT2D eigenvalue weighted by Gasteiger charge is -2.05. The maximum atomic E-state index is 11.0. The maximum absolute atomic E-state index is 11.0. The predicted octanol–water partition coefficient (Wildman–Crippen LogP) is 0.172. The van der Waals surface area contributed by atoms with E-state index in [-0.39, 0.29) is 5.63 Å². The fourth-order valence-corrected chi connectivity index (χ4v) is 1.31. The number of rotatable bonds is 3. The lowest BCUT2D eigenvalue weighted by Crippen LogP contribution is -2.28. The fourth-order valence-electron chi connectivity index (χ4n) is 1.31. The normalized spacial score (nSPS) is 13.9.